The van der Waals surface area contributed by atoms with Crippen molar-refractivity contribution >= 4 is 5.91 Å². The highest BCUT2D eigenvalue weighted by Crippen LogP contribution is 2.02. The molecule has 0 aliphatic carbocycles. The standard InChI is InChI=1S/C11H21N3O/c1-10(4-5-11(15)13(2)3)14-8-6-12-7-9-14/h4-5,10,12H,6-9H2,1-3H3. The van der Waals surface area contributed by atoms with Gasteiger partial charge in [-0.3, -0.25) is 9.69 Å². The van der Waals surface area contributed by atoms with Crippen molar-refractivity contribution < 1.29 is 4.79 Å². The van der Waals surface area contributed by atoms with Gasteiger partial charge in [0.1, 0.15) is 0 Å². The molecule has 1 saturated heterocycles. The van der Waals surface area contributed by atoms with Crippen LogP contribution in [-0.2, 0) is 4.79 Å². The van der Waals surface area contributed by atoms with E-state index >= 15 is 0 Å². The van der Waals surface area contributed by atoms with E-state index in [2.05, 4.69) is 17.1 Å². The summed E-state index contributed by atoms with van der Waals surface area (Å²) >= 11 is 0. The van der Waals surface area contributed by atoms with Gasteiger partial charge < -0.3 is 10.2 Å². The second kappa shape index (κ2) is 5.88. The molecule has 0 saturated carbocycles. The van der Waals surface area contributed by atoms with Crippen LogP contribution in [0.1, 0.15) is 6.92 Å². The zero-order chi connectivity index (χ0) is 11.3. The van der Waals surface area contributed by atoms with Crippen LogP contribution in [0.4, 0.5) is 0 Å². The van der Waals surface area contributed by atoms with Gasteiger partial charge >= 0.3 is 0 Å². The molecule has 0 aromatic rings. The number of carbonyl (C=O) groups is 1. The zero-order valence-electron chi connectivity index (χ0n) is 9.86. The Kier molecular flexibility index (Phi) is 4.78. The summed E-state index contributed by atoms with van der Waals surface area (Å²) in [5.41, 5.74) is 0. The van der Waals surface area contributed by atoms with E-state index < -0.39 is 0 Å². The van der Waals surface area contributed by atoms with Gasteiger partial charge in [0.15, 0.2) is 0 Å². The quantitative estimate of drug-likeness (QED) is 0.664. The third kappa shape index (κ3) is 4.01. The van der Waals surface area contributed by atoms with Gasteiger partial charge in [0.2, 0.25) is 5.91 Å². The number of hydrogen-bond acceptors (Lipinski definition) is 3. The van der Waals surface area contributed by atoms with Crippen molar-refractivity contribution in [3.63, 3.8) is 0 Å². The van der Waals surface area contributed by atoms with Crippen LogP contribution >= 0.6 is 0 Å². The maximum Gasteiger partial charge on any atom is 0.245 e. The van der Waals surface area contributed by atoms with Gasteiger partial charge in [-0.15, -0.1) is 0 Å². The Morgan fingerprint density at radius 2 is 2.00 bits per heavy atom. The number of likely N-dealkylation sites (N-methyl/N-ethyl adjacent to an activating group) is 1. The average Bonchev–Trinajstić information content (AvgIpc) is 2.26. The van der Waals surface area contributed by atoms with Gasteiger partial charge in [-0.1, -0.05) is 6.08 Å². The van der Waals surface area contributed by atoms with Crippen LogP contribution in [0, 0.1) is 0 Å². The number of piperazine rings is 1. The highest BCUT2D eigenvalue weighted by atomic mass is 16.2. The van der Waals surface area contributed by atoms with Gasteiger partial charge in [-0.2, -0.15) is 0 Å². The summed E-state index contributed by atoms with van der Waals surface area (Å²) in [7, 11) is 3.53. The Morgan fingerprint density at radius 1 is 1.40 bits per heavy atom. The topological polar surface area (TPSA) is 35.6 Å². The molecule has 1 unspecified atom stereocenters. The smallest absolute Gasteiger partial charge is 0.245 e. The minimum absolute atomic E-state index is 0.0528. The predicted octanol–water partition coefficient (Wildman–Crippen LogP) is -0.0755. The number of rotatable bonds is 3. The molecule has 0 spiro atoms. The van der Waals surface area contributed by atoms with E-state index in [0.717, 1.165) is 26.2 Å². The molecule has 1 atom stereocenters. The summed E-state index contributed by atoms with van der Waals surface area (Å²) < 4.78 is 0. The second-order valence-electron chi connectivity index (χ2n) is 4.12. The Labute approximate surface area is 91.9 Å². The molecule has 0 aromatic heterocycles. The molecule has 86 valence electrons. The highest BCUT2D eigenvalue weighted by molar-refractivity contribution is 5.87. The second-order valence-corrected chi connectivity index (χ2v) is 4.12. The molecule has 1 amide bonds. The van der Waals surface area contributed by atoms with Gasteiger partial charge in [0.25, 0.3) is 0 Å². The summed E-state index contributed by atoms with van der Waals surface area (Å²) in [6.45, 7) is 6.33. The number of hydrogen-bond donors (Lipinski definition) is 1. The maximum absolute atomic E-state index is 11.3. The van der Waals surface area contributed by atoms with Crippen molar-refractivity contribution in [3.8, 4) is 0 Å². The lowest BCUT2D eigenvalue weighted by molar-refractivity contribution is -0.123. The van der Waals surface area contributed by atoms with E-state index in [1.807, 2.05) is 6.08 Å². The van der Waals surface area contributed by atoms with E-state index in [4.69, 9.17) is 0 Å². The molecule has 4 heteroatoms. The highest BCUT2D eigenvalue weighted by Gasteiger charge is 2.13. The molecule has 1 aliphatic heterocycles. The Balaban J connectivity index is 2.39. The first-order valence-electron chi connectivity index (χ1n) is 5.45. The Bertz CT molecular complexity index is 232. The van der Waals surface area contributed by atoms with Crippen molar-refractivity contribution in [1.29, 1.82) is 0 Å². The van der Waals surface area contributed by atoms with Crippen LogP contribution in [0.15, 0.2) is 12.2 Å². The van der Waals surface area contributed by atoms with Crippen molar-refractivity contribution in [2.24, 2.45) is 0 Å². The van der Waals surface area contributed by atoms with Gasteiger partial charge in [-0.05, 0) is 6.92 Å². The summed E-state index contributed by atoms with van der Waals surface area (Å²) in [6.07, 6.45) is 3.64. The molecular weight excluding hydrogens is 190 g/mol. The van der Waals surface area contributed by atoms with Crippen molar-refractivity contribution in [2.75, 3.05) is 40.3 Å². The van der Waals surface area contributed by atoms with Crippen LogP contribution < -0.4 is 5.32 Å². The fourth-order valence-electron chi connectivity index (χ4n) is 1.58. The fourth-order valence-corrected chi connectivity index (χ4v) is 1.58. The fraction of sp³-hybridized carbons (Fsp3) is 0.727. The van der Waals surface area contributed by atoms with Crippen LogP contribution in [-0.4, -0.2) is 62.0 Å². The van der Waals surface area contributed by atoms with Crippen LogP contribution in [0.2, 0.25) is 0 Å². The van der Waals surface area contributed by atoms with E-state index in [1.165, 1.54) is 0 Å². The van der Waals surface area contributed by atoms with E-state index in [9.17, 15) is 4.79 Å². The summed E-state index contributed by atoms with van der Waals surface area (Å²) in [5.74, 6) is 0.0528. The first-order chi connectivity index (χ1) is 7.11. The Morgan fingerprint density at radius 3 is 2.53 bits per heavy atom. The van der Waals surface area contributed by atoms with Crippen molar-refractivity contribution in [2.45, 2.75) is 13.0 Å². The molecule has 1 fully saturated rings. The molecule has 1 aliphatic rings. The number of nitrogens with zero attached hydrogens (tertiary/aromatic N) is 2. The van der Waals surface area contributed by atoms with E-state index in [-0.39, 0.29) is 5.91 Å². The molecule has 0 aromatic carbocycles. The third-order valence-electron chi connectivity index (χ3n) is 2.69. The first kappa shape index (κ1) is 12.2. The number of nitrogens with one attached hydrogen (secondary N) is 1. The van der Waals surface area contributed by atoms with Crippen LogP contribution in [0.5, 0.6) is 0 Å². The lowest BCUT2D eigenvalue weighted by Crippen LogP contribution is -2.46. The molecular formula is C11H21N3O. The monoisotopic (exact) mass is 211 g/mol. The summed E-state index contributed by atoms with van der Waals surface area (Å²) in [5, 5.41) is 3.31. The molecule has 4 nitrogen and oxygen atoms in total. The van der Waals surface area contributed by atoms with Gasteiger partial charge in [0, 0.05) is 52.4 Å². The van der Waals surface area contributed by atoms with E-state index in [1.54, 1.807) is 25.1 Å². The SMILES string of the molecule is CC(C=CC(=O)N(C)C)N1CCNCC1. The predicted molar refractivity (Wildman–Crippen MR) is 61.7 cm³/mol. The molecule has 0 radical (unpaired) electrons. The molecule has 1 rings (SSSR count). The minimum atomic E-state index is 0.0528. The van der Waals surface area contributed by atoms with Crippen molar-refractivity contribution in [3.05, 3.63) is 12.2 Å². The molecule has 1 heterocycles. The van der Waals surface area contributed by atoms with Gasteiger partial charge in [-0.25, -0.2) is 0 Å². The van der Waals surface area contributed by atoms with Crippen molar-refractivity contribution in [1.82, 2.24) is 15.1 Å². The lowest BCUT2D eigenvalue weighted by Gasteiger charge is -2.31. The van der Waals surface area contributed by atoms with Crippen LogP contribution in [0.3, 0.4) is 0 Å². The molecule has 15 heavy (non-hydrogen) atoms. The normalized spacial score (nSPS) is 20.5. The minimum Gasteiger partial charge on any atom is -0.345 e. The van der Waals surface area contributed by atoms with Crippen LogP contribution in [0.25, 0.3) is 0 Å². The zero-order valence-corrected chi connectivity index (χ0v) is 9.86. The Hall–Kier alpha value is -0.870. The summed E-state index contributed by atoms with van der Waals surface area (Å²) in [4.78, 5) is 15.3. The number of amides is 1. The third-order valence-corrected chi connectivity index (χ3v) is 2.69. The number of carbonyl (C=O) groups excluding carboxylic acids is 1. The van der Waals surface area contributed by atoms with Gasteiger partial charge in [0.05, 0.1) is 0 Å². The molecule has 0 bridgehead atoms. The maximum atomic E-state index is 11.3. The molecule has 1 N–H and O–H groups in total. The average molecular weight is 211 g/mol. The lowest BCUT2D eigenvalue weighted by atomic mass is 10.2. The van der Waals surface area contributed by atoms with E-state index in [0.29, 0.717) is 6.04 Å². The summed E-state index contributed by atoms with van der Waals surface area (Å²) in [6, 6.07) is 0.344. The first-order valence-corrected chi connectivity index (χ1v) is 5.45. The largest absolute Gasteiger partial charge is 0.345 e.